The minimum absolute atomic E-state index is 0.423. The fraction of sp³-hybridized carbons (Fsp3) is 1.00. The highest BCUT2D eigenvalue weighted by Gasteiger charge is 2.58. The third-order valence-corrected chi connectivity index (χ3v) is 5.36. The summed E-state index contributed by atoms with van der Waals surface area (Å²) in [5, 5.41) is 13.5. The van der Waals surface area contributed by atoms with E-state index in [1.165, 1.54) is 19.3 Å². The molecule has 0 heterocycles. The van der Waals surface area contributed by atoms with Crippen LogP contribution in [-0.4, -0.2) is 23.3 Å². The number of aliphatic hydroxyl groups is 1. The maximum atomic E-state index is 9.78. The highest BCUT2D eigenvalue weighted by Crippen LogP contribution is 2.62. The molecule has 2 N–H and O–H groups in total. The Balaban J connectivity index is 1.96. The monoisotopic (exact) mass is 239 g/mol. The zero-order valence-electron chi connectivity index (χ0n) is 12.1. The molecule has 2 rings (SSSR count). The minimum atomic E-state index is -0.546. The van der Waals surface area contributed by atoms with E-state index in [0.717, 1.165) is 18.9 Å². The summed E-state index contributed by atoms with van der Waals surface area (Å²) < 4.78 is 0. The number of fused-ring (bicyclic) bond motifs is 2. The SMILES string of the molecule is CC(C)(O)CCNC1C2(C)CCC(C2)C1(C)C. The first-order valence-electron chi connectivity index (χ1n) is 7.11. The van der Waals surface area contributed by atoms with Crippen LogP contribution in [0.5, 0.6) is 0 Å². The lowest BCUT2D eigenvalue weighted by atomic mass is 9.68. The molecule has 2 bridgehead atoms. The van der Waals surface area contributed by atoms with Crippen LogP contribution >= 0.6 is 0 Å². The van der Waals surface area contributed by atoms with E-state index in [1.807, 2.05) is 13.8 Å². The van der Waals surface area contributed by atoms with Crippen molar-refractivity contribution in [2.45, 2.75) is 71.9 Å². The van der Waals surface area contributed by atoms with Crippen LogP contribution in [0.3, 0.4) is 0 Å². The molecular formula is C15H29NO. The molecule has 2 saturated carbocycles. The van der Waals surface area contributed by atoms with Gasteiger partial charge in [-0.15, -0.1) is 0 Å². The fourth-order valence-electron chi connectivity index (χ4n) is 4.33. The molecule has 0 aromatic carbocycles. The lowest BCUT2D eigenvalue weighted by molar-refractivity contribution is 0.0595. The maximum absolute atomic E-state index is 9.78. The van der Waals surface area contributed by atoms with E-state index >= 15 is 0 Å². The Hall–Kier alpha value is -0.0800. The van der Waals surface area contributed by atoms with Crippen LogP contribution in [-0.2, 0) is 0 Å². The minimum Gasteiger partial charge on any atom is -0.390 e. The van der Waals surface area contributed by atoms with Crippen molar-refractivity contribution in [3.8, 4) is 0 Å². The third kappa shape index (κ3) is 2.39. The van der Waals surface area contributed by atoms with Gasteiger partial charge in [0.25, 0.3) is 0 Å². The van der Waals surface area contributed by atoms with Crippen molar-refractivity contribution in [2.24, 2.45) is 16.7 Å². The van der Waals surface area contributed by atoms with Gasteiger partial charge in [-0.2, -0.15) is 0 Å². The average molecular weight is 239 g/mol. The van der Waals surface area contributed by atoms with Crippen molar-refractivity contribution in [1.29, 1.82) is 0 Å². The summed E-state index contributed by atoms with van der Waals surface area (Å²) in [4.78, 5) is 0. The number of hydrogen-bond donors (Lipinski definition) is 2. The third-order valence-electron chi connectivity index (χ3n) is 5.36. The van der Waals surface area contributed by atoms with E-state index in [4.69, 9.17) is 0 Å². The van der Waals surface area contributed by atoms with Crippen molar-refractivity contribution in [1.82, 2.24) is 5.32 Å². The molecule has 0 amide bonds. The van der Waals surface area contributed by atoms with E-state index < -0.39 is 5.60 Å². The smallest absolute Gasteiger partial charge is 0.0603 e. The summed E-state index contributed by atoms with van der Waals surface area (Å²) in [7, 11) is 0. The predicted molar refractivity (Wildman–Crippen MR) is 71.9 cm³/mol. The molecule has 0 aromatic heterocycles. The van der Waals surface area contributed by atoms with Gasteiger partial charge in [-0.1, -0.05) is 20.8 Å². The van der Waals surface area contributed by atoms with Crippen molar-refractivity contribution >= 4 is 0 Å². The molecule has 0 spiro atoms. The van der Waals surface area contributed by atoms with Crippen LogP contribution < -0.4 is 5.32 Å². The van der Waals surface area contributed by atoms with Gasteiger partial charge in [0.1, 0.15) is 0 Å². The Kier molecular flexibility index (Phi) is 3.11. The first-order valence-corrected chi connectivity index (χ1v) is 7.11. The Bertz CT molecular complexity index is 287. The zero-order valence-corrected chi connectivity index (χ0v) is 12.1. The number of nitrogens with one attached hydrogen (secondary N) is 1. The molecule has 2 nitrogen and oxygen atoms in total. The number of rotatable bonds is 4. The Morgan fingerprint density at radius 3 is 2.41 bits per heavy atom. The van der Waals surface area contributed by atoms with E-state index in [9.17, 15) is 5.11 Å². The summed E-state index contributed by atoms with van der Waals surface area (Å²) in [6.45, 7) is 12.0. The largest absolute Gasteiger partial charge is 0.390 e. The molecule has 0 aromatic rings. The second-order valence-electron chi connectivity index (χ2n) is 7.86. The van der Waals surface area contributed by atoms with Gasteiger partial charge >= 0.3 is 0 Å². The molecule has 3 atom stereocenters. The molecule has 17 heavy (non-hydrogen) atoms. The molecule has 0 saturated heterocycles. The summed E-state index contributed by atoms with van der Waals surface area (Å²) in [6.07, 6.45) is 5.01. The summed E-state index contributed by atoms with van der Waals surface area (Å²) in [6, 6.07) is 0.621. The van der Waals surface area contributed by atoms with E-state index in [2.05, 4.69) is 26.1 Å². The summed E-state index contributed by atoms with van der Waals surface area (Å²) in [5.41, 5.74) is 0.371. The van der Waals surface area contributed by atoms with Crippen LogP contribution in [0.2, 0.25) is 0 Å². The molecule has 2 heteroatoms. The molecule has 0 radical (unpaired) electrons. The van der Waals surface area contributed by atoms with Gasteiger partial charge < -0.3 is 10.4 Å². The van der Waals surface area contributed by atoms with Crippen LogP contribution in [0, 0.1) is 16.7 Å². The second kappa shape index (κ2) is 3.96. The van der Waals surface area contributed by atoms with Crippen LogP contribution in [0.4, 0.5) is 0 Å². The normalized spacial score (nSPS) is 39.9. The highest BCUT2D eigenvalue weighted by atomic mass is 16.3. The Morgan fingerprint density at radius 1 is 1.29 bits per heavy atom. The lowest BCUT2D eigenvalue weighted by Crippen LogP contribution is -2.51. The maximum Gasteiger partial charge on any atom is 0.0603 e. The summed E-state index contributed by atoms with van der Waals surface area (Å²) >= 11 is 0. The molecule has 2 aliphatic rings. The molecular weight excluding hydrogens is 210 g/mol. The molecule has 0 aliphatic heterocycles. The highest BCUT2D eigenvalue weighted by molar-refractivity contribution is 5.11. The van der Waals surface area contributed by atoms with Gasteiger partial charge in [0.15, 0.2) is 0 Å². The van der Waals surface area contributed by atoms with Gasteiger partial charge in [-0.25, -0.2) is 0 Å². The Morgan fingerprint density at radius 2 is 1.94 bits per heavy atom. The van der Waals surface area contributed by atoms with E-state index in [1.54, 1.807) is 0 Å². The first kappa shape index (κ1) is 13.4. The van der Waals surface area contributed by atoms with Crippen LogP contribution in [0.25, 0.3) is 0 Å². The average Bonchev–Trinajstić information content (AvgIpc) is 2.60. The lowest BCUT2D eigenvalue weighted by Gasteiger charge is -2.43. The number of hydrogen-bond acceptors (Lipinski definition) is 2. The van der Waals surface area contributed by atoms with Gasteiger partial charge in [-0.05, 0) is 62.8 Å². The topological polar surface area (TPSA) is 32.3 Å². The molecule has 2 aliphatic carbocycles. The molecule has 2 fully saturated rings. The van der Waals surface area contributed by atoms with Gasteiger partial charge in [0.05, 0.1) is 5.60 Å². The van der Waals surface area contributed by atoms with Crippen molar-refractivity contribution in [2.75, 3.05) is 6.54 Å². The summed E-state index contributed by atoms with van der Waals surface area (Å²) in [5.74, 6) is 0.895. The molecule has 3 unspecified atom stereocenters. The van der Waals surface area contributed by atoms with Crippen LogP contribution in [0.1, 0.15) is 60.3 Å². The fourth-order valence-corrected chi connectivity index (χ4v) is 4.33. The van der Waals surface area contributed by atoms with E-state index in [0.29, 0.717) is 16.9 Å². The standard InChI is InChI=1S/C15H29NO/c1-13(2,17)8-9-16-12-14(3,4)11-6-7-15(12,5)10-11/h11-12,16-17H,6-10H2,1-5H3. The zero-order chi connectivity index (χ0) is 12.9. The predicted octanol–water partition coefficient (Wildman–Crippen LogP) is 2.95. The van der Waals surface area contributed by atoms with Gasteiger partial charge in [0, 0.05) is 6.04 Å². The van der Waals surface area contributed by atoms with Crippen molar-refractivity contribution in [3.05, 3.63) is 0 Å². The van der Waals surface area contributed by atoms with E-state index in [-0.39, 0.29) is 0 Å². The van der Waals surface area contributed by atoms with Gasteiger partial charge in [-0.3, -0.25) is 0 Å². The quantitative estimate of drug-likeness (QED) is 0.790. The Labute approximate surface area is 106 Å². The molecule has 100 valence electrons. The van der Waals surface area contributed by atoms with Crippen molar-refractivity contribution in [3.63, 3.8) is 0 Å². The first-order chi connectivity index (χ1) is 7.65. The second-order valence-corrected chi connectivity index (χ2v) is 7.86. The van der Waals surface area contributed by atoms with Crippen LogP contribution in [0.15, 0.2) is 0 Å². The van der Waals surface area contributed by atoms with Gasteiger partial charge in [0.2, 0.25) is 0 Å². The van der Waals surface area contributed by atoms with Crippen molar-refractivity contribution < 1.29 is 5.11 Å².